The van der Waals surface area contributed by atoms with Gasteiger partial charge in [-0.3, -0.25) is 0 Å². The van der Waals surface area contributed by atoms with Crippen LogP contribution in [-0.2, 0) is 9.84 Å². The number of sulfone groups is 1. The van der Waals surface area contributed by atoms with Gasteiger partial charge in [-0.2, -0.15) is 11.8 Å². The normalized spacial score (nSPS) is 31.9. The van der Waals surface area contributed by atoms with Crippen LogP contribution in [0.25, 0.3) is 0 Å². The van der Waals surface area contributed by atoms with E-state index in [9.17, 15) is 8.42 Å². The number of rotatable bonds is 3. The highest BCUT2D eigenvalue weighted by atomic mass is 32.2. The van der Waals surface area contributed by atoms with Gasteiger partial charge in [-0.05, 0) is 37.1 Å². The summed E-state index contributed by atoms with van der Waals surface area (Å²) in [5.74, 6) is 0.215. The molecule has 0 radical (unpaired) electrons. The highest BCUT2D eigenvalue weighted by Gasteiger charge is 2.36. The average molecular weight is 311 g/mol. The van der Waals surface area contributed by atoms with E-state index < -0.39 is 9.84 Å². The van der Waals surface area contributed by atoms with E-state index in [-0.39, 0.29) is 11.8 Å². The second-order valence-corrected chi connectivity index (χ2v) is 8.90. The van der Waals surface area contributed by atoms with E-state index in [2.05, 4.69) is 11.6 Å². The number of hydrogen-bond acceptors (Lipinski definition) is 4. The molecule has 1 aliphatic carbocycles. The zero-order valence-corrected chi connectivity index (χ0v) is 13.3. The van der Waals surface area contributed by atoms with Crippen molar-refractivity contribution < 1.29 is 8.42 Å². The fraction of sp³-hybridized carbons (Fsp3) is 0.600. The van der Waals surface area contributed by atoms with Crippen LogP contribution in [0.1, 0.15) is 37.3 Å². The van der Waals surface area contributed by atoms with Gasteiger partial charge in [0.1, 0.15) is 0 Å². The Labute approximate surface area is 125 Å². The first-order valence-electron chi connectivity index (χ1n) is 7.20. The second kappa shape index (κ2) is 5.70. The predicted octanol–water partition coefficient (Wildman–Crippen LogP) is 2.78. The van der Waals surface area contributed by atoms with Gasteiger partial charge in [0.15, 0.2) is 9.84 Å². The standard InChI is InChI=1S/C15H21NO2S2/c1-19-12-6-4-5-11(9-12)16-14-10-20(17,18)15-8-3-2-7-13(14)15/h2-3,7-8,11-12,14,16H,4-6,9-10H2,1H3. The van der Waals surface area contributed by atoms with Gasteiger partial charge in [-0.25, -0.2) is 8.42 Å². The quantitative estimate of drug-likeness (QED) is 0.932. The lowest BCUT2D eigenvalue weighted by Gasteiger charge is -2.31. The van der Waals surface area contributed by atoms with Gasteiger partial charge in [0, 0.05) is 17.3 Å². The van der Waals surface area contributed by atoms with E-state index >= 15 is 0 Å². The maximum atomic E-state index is 12.2. The summed E-state index contributed by atoms with van der Waals surface area (Å²) in [5, 5.41) is 4.32. The van der Waals surface area contributed by atoms with E-state index in [1.54, 1.807) is 6.07 Å². The molecule has 3 unspecified atom stereocenters. The third-order valence-electron chi connectivity index (χ3n) is 4.41. The molecular weight excluding hydrogens is 290 g/mol. The second-order valence-electron chi connectivity index (χ2n) is 5.76. The maximum Gasteiger partial charge on any atom is 0.180 e. The molecule has 0 amide bonds. The molecule has 0 spiro atoms. The number of nitrogens with one attached hydrogen (secondary N) is 1. The first-order chi connectivity index (χ1) is 9.60. The summed E-state index contributed by atoms with van der Waals surface area (Å²) in [4.78, 5) is 0.523. The average Bonchev–Trinajstić information content (AvgIpc) is 2.71. The minimum atomic E-state index is -3.09. The van der Waals surface area contributed by atoms with Gasteiger partial charge in [0.05, 0.1) is 10.6 Å². The number of hydrogen-bond donors (Lipinski definition) is 1. The first-order valence-corrected chi connectivity index (χ1v) is 10.1. The molecule has 0 saturated heterocycles. The minimum Gasteiger partial charge on any atom is -0.306 e. The fourth-order valence-electron chi connectivity index (χ4n) is 3.38. The Morgan fingerprint density at radius 1 is 1.25 bits per heavy atom. The van der Waals surface area contributed by atoms with Crippen molar-refractivity contribution in [1.82, 2.24) is 5.32 Å². The van der Waals surface area contributed by atoms with Crippen LogP contribution >= 0.6 is 11.8 Å². The minimum absolute atomic E-state index is 0.0261. The van der Waals surface area contributed by atoms with Crippen LogP contribution < -0.4 is 5.32 Å². The summed E-state index contributed by atoms with van der Waals surface area (Å²) in [6.45, 7) is 0. The Hall–Kier alpha value is -0.520. The number of benzene rings is 1. The van der Waals surface area contributed by atoms with Crippen LogP contribution in [0.3, 0.4) is 0 Å². The molecule has 1 aromatic carbocycles. The van der Waals surface area contributed by atoms with Crippen LogP contribution in [0.4, 0.5) is 0 Å². The van der Waals surface area contributed by atoms with E-state index in [0.29, 0.717) is 10.9 Å². The summed E-state index contributed by atoms with van der Waals surface area (Å²) < 4.78 is 24.4. The Bertz CT molecular complexity index is 585. The summed E-state index contributed by atoms with van der Waals surface area (Å²) >= 11 is 1.93. The summed E-state index contributed by atoms with van der Waals surface area (Å²) in [5.41, 5.74) is 0.957. The molecule has 1 N–H and O–H groups in total. The van der Waals surface area contributed by atoms with Crippen LogP contribution in [0, 0.1) is 0 Å². The maximum absolute atomic E-state index is 12.2. The molecule has 2 aliphatic rings. The lowest BCUT2D eigenvalue weighted by Crippen LogP contribution is -2.38. The molecule has 0 aromatic heterocycles. The zero-order chi connectivity index (χ0) is 14.2. The largest absolute Gasteiger partial charge is 0.306 e. The van der Waals surface area contributed by atoms with Crippen LogP contribution in [0.5, 0.6) is 0 Å². The Kier molecular flexibility index (Phi) is 4.11. The zero-order valence-electron chi connectivity index (χ0n) is 11.7. The van der Waals surface area contributed by atoms with Gasteiger partial charge < -0.3 is 5.32 Å². The molecule has 3 rings (SSSR count). The number of thioether (sulfide) groups is 1. The Morgan fingerprint density at radius 3 is 2.85 bits per heavy atom. The molecule has 1 aliphatic heterocycles. The van der Waals surface area contributed by atoms with E-state index in [4.69, 9.17) is 0 Å². The molecule has 1 heterocycles. The molecule has 110 valence electrons. The SMILES string of the molecule is CSC1CCCC(NC2CS(=O)(=O)c3ccccc32)C1. The summed E-state index contributed by atoms with van der Waals surface area (Å²) in [6.07, 6.45) is 7.02. The molecule has 1 aromatic rings. The third kappa shape index (κ3) is 2.76. The van der Waals surface area contributed by atoms with Crippen molar-refractivity contribution in [3.8, 4) is 0 Å². The van der Waals surface area contributed by atoms with Crippen LogP contribution in [0.15, 0.2) is 29.2 Å². The summed E-state index contributed by atoms with van der Waals surface area (Å²) in [7, 11) is -3.09. The van der Waals surface area contributed by atoms with Crippen molar-refractivity contribution in [2.45, 2.75) is 47.9 Å². The van der Waals surface area contributed by atoms with E-state index in [1.165, 1.54) is 12.8 Å². The predicted molar refractivity (Wildman–Crippen MR) is 83.9 cm³/mol. The summed E-state index contributed by atoms with van der Waals surface area (Å²) in [6, 6.07) is 7.85. The molecule has 3 atom stereocenters. The van der Waals surface area contributed by atoms with Gasteiger partial charge in [0.25, 0.3) is 0 Å². The van der Waals surface area contributed by atoms with Gasteiger partial charge in [-0.1, -0.05) is 24.6 Å². The highest BCUT2D eigenvalue weighted by Crippen LogP contribution is 2.35. The smallest absolute Gasteiger partial charge is 0.180 e. The third-order valence-corrected chi connectivity index (χ3v) is 7.32. The van der Waals surface area contributed by atoms with E-state index in [0.717, 1.165) is 23.7 Å². The Balaban J connectivity index is 1.76. The molecule has 0 bridgehead atoms. The van der Waals surface area contributed by atoms with Crippen LogP contribution in [-0.4, -0.2) is 31.7 Å². The van der Waals surface area contributed by atoms with Gasteiger partial charge in [-0.15, -0.1) is 0 Å². The fourth-order valence-corrected chi connectivity index (χ4v) is 5.96. The molecular formula is C15H21NO2S2. The van der Waals surface area contributed by atoms with Crippen molar-refractivity contribution in [1.29, 1.82) is 0 Å². The molecule has 1 saturated carbocycles. The molecule has 5 heteroatoms. The lowest BCUT2D eigenvalue weighted by molar-refractivity contribution is 0.355. The lowest BCUT2D eigenvalue weighted by atomic mass is 9.93. The van der Waals surface area contributed by atoms with Crippen molar-refractivity contribution in [3.63, 3.8) is 0 Å². The highest BCUT2D eigenvalue weighted by molar-refractivity contribution is 7.99. The van der Waals surface area contributed by atoms with E-state index in [1.807, 2.05) is 30.0 Å². The van der Waals surface area contributed by atoms with Crippen molar-refractivity contribution in [2.75, 3.05) is 12.0 Å². The van der Waals surface area contributed by atoms with Crippen molar-refractivity contribution in [3.05, 3.63) is 29.8 Å². The van der Waals surface area contributed by atoms with Crippen molar-refractivity contribution in [2.24, 2.45) is 0 Å². The first kappa shape index (κ1) is 14.4. The van der Waals surface area contributed by atoms with Gasteiger partial charge >= 0.3 is 0 Å². The van der Waals surface area contributed by atoms with Gasteiger partial charge in [0.2, 0.25) is 0 Å². The molecule has 1 fully saturated rings. The monoisotopic (exact) mass is 311 g/mol. The topological polar surface area (TPSA) is 46.2 Å². The van der Waals surface area contributed by atoms with Crippen LogP contribution in [0.2, 0.25) is 0 Å². The van der Waals surface area contributed by atoms with Crippen molar-refractivity contribution >= 4 is 21.6 Å². The Morgan fingerprint density at radius 2 is 2.05 bits per heavy atom. The molecule has 3 nitrogen and oxygen atoms in total. The molecule has 20 heavy (non-hydrogen) atoms. The number of fused-ring (bicyclic) bond motifs is 1.